The Hall–Kier alpha value is -1.32. The van der Waals surface area contributed by atoms with Crippen LogP contribution >= 0.6 is 0 Å². The molecule has 2 saturated carbocycles. The Kier molecular flexibility index (Phi) is 10.3. The van der Waals surface area contributed by atoms with Crippen LogP contribution in [0.2, 0.25) is 0 Å². The Balaban J connectivity index is 1.45. The number of esters is 1. The van der Waals surface area contributed by atoms with Gasteiger partial charge in [-0.1, -0.05) is 53.2 Å². The summed E-state index contributed by atoms with van der Waals surface area (Å²) >= 11 is 0. The molecule has 0 radical (unpaired) electrons. The third-order valence-electron chi connectivity index (χ3n) is 12.3. The molecule has 4 aliphatic rings. The number of fused-ring (bicyclic) bond motifs is 2. The molecule has 1 heterocycles. The second-order valence-electron chi connectivity index (χ2n) is 15.5. The molecular formula is C35H58O8. The topological polar surface area (TPSA) is 134 Å². The van der Waals surface area contributed by atoms with Crippen LogP contribution in [-0.4, -0.2) is 69.0 Å². The predicted molar refractivity (Wildman–Crippen MR) is 163 cm³/mol. The summed E-state index contributed by atoms with van der Waals surface area (Å²) in [4.78, 5) is 25.9. The van der Waals surface area contributed by atoms with Crippen LogP contribution in [0, 0.1) is 58.7 Å². The highest BCUT2D eigenvalue weighted by Crippen LogP contribution is 2.59. The fourth-order valence-corrected chi connectivity index (χ4v) is 9.56. The predicted octanol–water partition coefficient (Wildman–Crippen LogP) is 4.66. The second-order valence-corrected chi connectivity index (χ2v) is 15.5. The zero-order chi connectivity index (χ0) is 32.1. The first kappa shape index (κ1) is 34.6. The molecule has 3 fully saturated rings. The Labute approximate surface area is 258 Å². The highest BCUT2D eigenvalue weighted by Gasteiger charge is 2.56. The minimum atomic E-state index is -1.72. The quantitative estimate of drug-likeness (QED) is 0.220. The van der Waals surface area contributed by atoms with Crippen molar-refractivity contribution < 1.29 is 39.5 Å². The number of Topliss-reactive ketones (excluding diaryl/α,β-unsaturated/α-hetero) is 1. The maximum atomic E-state index is 13.4. The minimum absolute atomic E-state index is 0.0135. The number of allylic oxidation sites excluding steroid dienone is 1. The first-order chi connectivity index (χ1) is 20.0. The first-order valence-electron chi connectivity index (χ1n) is 16.8. The maximum Gasteiger partial charge on any atom is 0.314 e. The summed E-state index contributed by atoms with van der Waals surface area (Å²) in [5.41, 5.74) is 0.114. The highest BCUT2D eigenvalue weighted by molar-refractivity contribution is 5.81. The number of hydrogen-bond acceptors (Lipinski definition) is 8. The fraction of sp³-hybridized carbons (Fsp3) is 0.886. The number of aliphatic hydroxyl groups excluding tert-OH is 2. The molecule has 0 bridgehead atoms. The molecule has 0 spiro atoms. The van der Waals surface area contributed by atoms with Crippen molar-refractivity contribution >= 4 is 11.8 Å². The van der Waals surface area contributed by atoms with Gasteiger partial charge in [0.1, 0.15) is 11.7 Å². The van der Waals surface area contributed by atoms with Gasteiger partial charge >= 0.3 is 5.97 Å². The molecule has 0 aromatic carbocycles. The lowest BCUT2D eigenvalue weighted by atomic mass is 9.64. The number of ketones is 1. The van der Waals surface area contributed by atoms with Gasteiger partial charge in [0.25, 0.3) is 0 Å². The minimum Gasteiger partial charge on any atom is -0.465 e. The molecule has 0 aromatic rings. The van der Waals surface area contributed by atoms with E-state index in [1.54, 1.807) is 6.92 Å². The average Bonchev–Trinajstić information content (AvgIpc) is 3.45. The van der Waals surface area contributed by atoms with Crippen LogP contribution in [0.3, 0.4) is 0 Å². The molecule has 0 amide bonds. The third-order valence-corrected chi connectivity index (χ3v) is 12.3. The van der Waals surface area contributed by atoms with Crippen LogP contribution in [0.5, 0.6) is 0 Å². The standard InChI is InChI=1S/C35H58O8/c1-9-28(37)22(5)31-19(2)14-21(4)35(41,43-31)23(6)32(39)42-18-20(3)25-10-12-33(7)16-26-24(17-36)15-29(38)30(26)34(8,40)13-11-27(25)33/h11,19-26,29-31,36,38,40-41H,9-10,12-18H2,1-8H3. The van der Waals surface area contributed by atoms with E-state index in [1.165, 1.54) is 5.57 Å². The van der Waals surface area contributed by atoms with E-state index < -0.39 is 35.5 Å². The Bertz CT molecular complexity index is 1050. The summed E-state index contributed by atoms with van der Waals surface area (Å²) < 4.78 is 12.1. The van der Waals surface area contributed by atoms with E-state index in [2.05, 4.69) is 19.9 Å². The lowest BCUT2D eigenvalue weighted by Crippen LogP contribution is -2.57. The number of ether oxygens (including phenoxy) is 2. The van der Waals surface area contributed by atoms with Crippen molar-refractivity contribution in [2.24, 2.45) is 58.7 Å². The molecule has 4 rings (SSSR count). The molecule has 8 heteroatoms. The van der Waals surface area contributed by atoms with Crippen LogP contribution in [0.15, 0.2) is 11.6 Å². The molecular weight excluding hydrogens is 548 g/mol. The smallest absolute Gasteiger partial charge is 0.314 e. The largest absolute Gasteiger partial charge is 0.465 e. The van der Waals surface area contributed by atoms with E-state index in [9.17, 15) is 30.0 Å². The van der Waals surface area contributed by atoms with Gasteiger partial charge in [-0.15, -0.1) is 0 Å². The van der Waals surface area contributed by atoms with E-state index in [0.29, 0.717) is 25.7 Å². The van der Waals surface area contributed by atoms with Gasteiger partial charge in [-0.2, -0.15) is 0 Å². The summed E-state index contributed by atoms with van der Waals surface area (Å²) in [6, 6.07) is 0. The summed E-state index contributed by atoms with van der Waals surface area (Å²) in [5, 5.41) is 44.1. The lowest BCUT2D eigenvalue weighted by molar-refractivity contribution is -0.318. The van der Waals surface area contributed by atoms with Crippen LogP contribution in [0.1, 0.15) is 100 Å². The van der Waals surface area contributed by atoms with E-state index in [1.807, 2.05) is 34.6 Å². The van der Waals surface area contributed by atoms with E-state index in [-0.39, 0.29) is 71.8 Å². The van der Waals surface area contributed by atoms with Crippen molar-refractivity contribution in [3.63, 3.8) is 0 Å². The molecule has 246 valence electrons. The van der Waals surface area contributed by atoms with Gasteiger partial charge in [0.2, 0.25) is 0 Å². The van der Waals surface area contributed by atoms with Crippen molar-refractivity contribution in [1.82, 2.24) is 0 Å². The molecule has 3 aliphatic carbocycles. The van der Waals surface area contributed by atoms with Crippen molar-refractivity contribution in [2.75, 3.05) is 13.2 Å². The third kappa shape index (κ3) is 6.38. The zero-order valence-electron chi connectivity index (χ0n) is 27.7. The van der Waals surface area contributed by atoms with Gasteiger partial charge in [-0.25, -0.2) is 0 Å². The number of rotatable bonds is 9. The maximum absolute atomic E-state index is 13.4. The van der Waals surface area contributed by atoms with Gasteiger partial charge in [-0.3, -0.25) is 9.59 Å². The lowest BCUT2D eigenvalue weighted by Gasteiger charge is -2.48. The van der Waals surface area contributed by atoms with E-state index in [0.717, 1.165) is 19.3 Å². The van der Waals surface area contributed by atoms with Gasteiger partial charge < -0.3 is 29.9 Å². The van der Waals surface area contributed by atoms with Crippen molar-refractivity contribution in [2.45, 2.75) is 124 Å². The van der Waals surface area contributed by atoms with Crippen LogP contribution in [0.25, 0.3) is 0 Å². The van der Waals surface area contributed by atoms with Crippen molar-refractivity contribution in [1.29, 1.82) is 0 Å². The molecule has 0 aromatic heterocycles. The van der Waals surface area contributed by atoms with Gasteiger partial charge in [0, 0.05) is 30.8 Å². The average molecular weight is 607 g/mol. The monoisotopic (exact) mass is 606 g/mol. The molecule has 43 heavy (non-hydrogen) atoms. The number of hydrogen-bond donors (Lipinski definition) is 4. The highest BCUT2D eigenvalue weighted by atomic mass is 16.6. The molecule has 1 saturated heterocycles. The second kappa shape index (κ2) is 12.8. The number of carbonyl (C=O) groups excluding carboxylic acids is 2. The van der Waals surface area contributed by atoms with Gasteiger partial charge in [-0.05, 0) is 87.4 Å². The SMILES string of the molecule is CCC(=O)C(C)C1OC(O)(C(C)C(=O)OCC(C)C2CCC3(C)CC4C(CO)CC(O)C4C(C)(O)CC=C23)C(C)CC1C. The van der Waals surface area contributed by atoms with Crippen LogP contribution < -0.4 is 0 Å². The zero-order valence-corrected chi connectivity index (χ0v) is 27.7. The van der Waals surface area contributed by atoms with Crippen LogP contribution in [-0.2, 0) is 19.1 Å². The Morgan fingerprint density at radius 1 is 1.14 bits per heavy atom. The fourth-order valence-electron chi connectivity index (χ4n) is 9.56. The summed E-state index contributed by atoms with van der Waals surface area (Å²) in [7, 11) is 0. The van der Waals surface area contributed by atoms with Crippen LogP contribution in [0.4, 0.5) is 0 Å². The summed E-state index contributed by atoms with van der Waals surface area (Å²) in [5.74, 6) is -3.69. The Morgan fingerprint density at radius 2 is 1.81 bits per heavy atom. The number of carbonyl (C=O) groups is 2. The van der Waals surface area contributed by atoms with E-state index in [4.69, 9.17) is 9.47 Å². The Morgan fingerprint density at radius 3 is 2.44 bits per heavy atom. The summed E-state index contributed by atoms with van der Waals surface area (Å²) in [6.45, 7) is 15.6. The molecule has 4 N–H and O–H groups in total. The van der Waals surface area contributed by atoms with Crippen molar-refractivity contribution in [3.05, 3.63) is 11.6 Å². The summed E-state index contributed by atoms with van der Waals surface area (Å²) in [6.07, 6.45) is 5.81. The van der Waals surface area contributed by atoms with Gasteiger partial charge in [0.15, 0.2) is 5.79 Å². The van der Waals surface area contributed by atoms with Crippen molar-refractivity contribution in [3.8, 4) is 0 Å². The molecule has 8 nitrogen and oxygen atoms in total. The molecule has 14 unspecified atom stereocenters. The molecule has 14 atom stereocenters. The number of aliphatic hydroxyl groups is 4. The van der Waals surface area contributed by atoms with E-state index >= 15 is 0 Å². The van der Waals surface area contributed by atoms with Gasteiger partial charge in [0.05, 0.1) is 24.4 Å². The first-order valence-corrected chi connectivity index (χ1v) is 16.8. The molecule has 1 aliphatic heterocycles. The normalized spacial score (nSPS) is 45.2.